The van der Waals surface area contributed by atoms with Gasteiger partial charge in [0.2, 0.25) is 0 Å². The van der Waals surface area contributed by atoms with Gasteiger partial charge in [-0.2, -0.15) is 0 Å². The van der Waals surface area contributed by atoms with E-state index in [0.29, 0.717) is 12.2 Å². The third-order valence-electron chi connectivity index (χ3n) is 5.01. The van der Waals surface area contributed by atoms with Crippen molar-refractivity contribution >= 4 is 28.9 Å². The van der Waals surface area contributed by atoms with Gasteiger partial charge in [-0.1, -0.05) is 49.9 Å². The number of rotatable bonds is 4. The summed E-state index contributed by atoms with van der Waals surface area (Å²) in [6.45, 7) is 6.45. The number of hydrogen-bond donors (Lipinski definition) is 1. The average Bonchev–Trinajstić information content (AvgIpc) is 3.16. The van der Waals surface area contributed by atoms with Crippen LogP contribution in [0.15, 0.2) is 50.9 Å². The fourth-order valence-corrected chi connectivity index (χ4v) is 5.72. The van der Waals surface area contributed by atoms with Gasteiger partial charge in [-0.3, -0.25) is 4.79 Å². The molecule has 26 heavy (non-hydrogen) atoms. The molecular formula is C22H23NOS2. The highest BCUT2D eigenvalue weighted by atomic mass is 32.2. The van der Waals surface area contributed by atoms with Gasteiger partial charge in [0, 0.05) is 34.7 Å². The van der Waals surface area contributed by atoms with Crippen LogP contribution in [-0.4, -0.2) is 10.8 Å². The van der Waals surface area contributed by atoms with Gasteiger partial charge in [-0.05, 0) is 47.4 Å². The van der Waals surface area contributed by atoms with Gasteiger partial charge in [0.15, 0.2) is 5.78 Å². The summed E-state index contributed by atoms with van der Waals surface area (Å²) in [5.74, 6) is 0.291. The number of hydrogen-bond acceptors (Lipinski definition) is 3. The quantitative estimate of drug-likeness (QED) is 0.577. The molecule has 1 aliphatic rings. The Morgan fingerprint density at radius 2 is 1.96 bits per heavy atom. The Labute approximate surface area is 163 Å². The van der Waals surface area contributed by atoms with Crippen LogP contribution in [0.4, 0.5) is 0 Å². The average molecular weight is 382 g/mol. The van der Waals surface area contributed by atoms with E-state index in [0.717, 1.165) is 29.8 Å². The molecule has 2 heterocycles. The zero-order chi connectivity index (χ0) is 18.3. The Balaban J connectivity index is 1.69. The van der Waals surface area contributed by atoms with Crippen LogP contribution in [0.2, 0.25) is 0 Å². The molecule has 134 valence electrons. The van der Waals surface area contributed by atoms with Crippen LogP contribution in [0.1, 0.15) is 53.1 Å². The molecule has 1 aromatic carbocycles. The molecule has 0 saturated carbocycles. The van der Waals surface area contributed by atoms with Gasteiger partial charge >= 0.3 is 0 Å². The molecule has 0 atom stereocenters. The number of H-pyrrole nitrogens is 1. The highest BCUT2D eigenvalue weighted by Crippen LogP contribution is 2.39. The maximum atomic E-state index is 12.8. The lowest BCUT2D eigenvalue weighted by molar-refractivity contribution is 0.0911. The van der Waals surface area contributed by atoms with E-state index in [2.05, 4.69) is 67.5 Å². The summed E-state index contributed by atoms with van der Waals surface area (Å²) in [5.41, 5.74) is 5.73. The normalized spacial score (nSPS) is 15.9. The summed E-state index contributed by atoms with van der Waals surface area (Å²) in [6, 6.07) is 12.8. The van der Waals surface area contributed by atoms with E-state index >= 15 is 0 Å². The highest BCUT2D eigenvalue weighted by Gasteiger charge is 2.34. The second-order valence-electron chi connectivity index (χ2n) is 7.84. The number of benzene rings is 1. The van der Waals surface area contributed by atoms with Crippen LogP contribution in [0, 0.1) is 12.3 Å². The molecule has 0 spiro atoms. The van der Waals surface area contributed by atoms with Gasteiger partial charge in [0.25, 0.3) is 0 Å². The number of thiophene rings is 1. The first-order chi connectivity index (χ1) is 12.4. The second-order valence-corrected chi connectivity index (χ2v) is 10.1. The fourth-order valence-electron chi connectivity index (χ4n) is 3.86. The van der Waals surface area contributed by atoms with Gasteiger partial charge < -0.3 is 4.98 Å². The van der Waals surface area contributed by atoms with E-state index in [4.69, 9.17) is 0 Å². The van der Waals surface area contributed by atoms with Crippen LogP contribution in [0.5, 0.6) is 0 Å². The Kier molecular flexibility index (Phi) is 4.57. The van der Waals surface area contributed by atoms with E-state index in [9.17, 15) is 4.79 Å². The number of aromatic nitrogens is 1. The van der Waals surface area contributed by atoms with Crippen LogP contribution in [0.3, 0.4) is 0 Å². The van der Waals surface area contributed by atoms with Crippen LogP contribution in [-0.2, 0) is 12.8 Å². The number of Topliss-reactive ketones (excluding diaryl/α,β-unsaturated/α-hetero) is 1. The van der Waals surface area contributed by atoms with Crippen LogP contribution in [0.25, 0.3) is 0 Å². The van der Waals surface area contributed by atoms with E-state index < -0.39 is 0 Å². The first-order valence-corrected chi connectivity index (χ1v) is 10.7. The predicted octanol–water partition coefficient (Wildman–Crippen LogP) is 6.28. The zero-order valence-corrected chi connectivity index (χ0v) is 17.0. The number of aryl methyl sites for hydroxylation is 1. The summed E-state index contributed by atoms with van der Waals surface area (Å²) in [7, 11) is 0. The SMILES string of the molecule is Cc1[nH]c2c(c1Cc1ccccc1Sc1cccs1)C(=O)CC(C)(C)C2. The Morgan fingerprint density at radius 3 is 2.73 bits per heavy atom. The molecule has 0 bridgehead atoms. The first kappa shape index (κ1) is 17.6. The highest BCUT2D eigenvalue weighted by molar-refractivity contribution is 8.01. The summed E-state index contributed by atoms with van der Waals surface area (Å²) in [6.07, 6.45) is 2.38. The molecule has 4 rings (SSSR count). The minimum Gasteiger partial charge on any atom is -0.362 e. The predicted molar refractivity (Wildman–Crippen MR) is 110 cm³/mol. The van der Waals surface area contributed by atoms with Crippen LogP contribution >= 0.6 is 23.1 Å². The number of ketones is 1. The number of aromatic amines is 1. The smallest absolute Gasteiger partial charge is 0.165 e. The first-order valence-electron chi connectivity index (χ1n) is 8.96. The summed E-state index contributed by atoms with van der Waals surface area (Å²) in [4.78, 5) is 17.6. The van der Waals surface area contributed by atoms with Crippen molar-refractivity contribution < 1.29 is 4.79 Å². The van der Waals surface area contributed by atoms with Crippen LogP contribution < -0.4 is 0 Å². The number of nitrogens with one attached hydrogen (secondary N) is 1. The molecule has 1 aliphatic carbocycles. The molecular weight excluding hydrogens is 358 g/mol. The Bertz CT molecular complexity index is 951. The molecule has 4 heteroatoms. The lowest BCUT2D eigenvalue weighted by Gasteiger charge is -2.28. The molecule has 0 unspecified atom stereocenters. The third kappa shape index (κ3) is 3.40. The van der Waals surface area contributed by atoms with E-state index in [1.54, 1.807) is 11.3 Å². The van der Waals surface area contributed by atoms with E-state index in [1.165, 1.54) is 20.2 Å². The lowest BCUT2D eigenvalue weighted by atomic mass is 9.75. The van der Waals surface area contributed by atoms with Crippen molar-refractivity contribution in [3.8, 4) is 0 Å². The molecule has 0 amide bonds. The standard InChI is InChI=1S/C22H23NOS2/c1-14-16(21-17(23-14)12-22(2,3)13-18(21)24)11-15-7-4-5-8-19(15)26-20-9-6-10-25-20/h4-10,23H,11-13H2,1-3H3. The topological polar surface area (TPSA) is 32.9 Å². The molecule has 2 aromatic heterocycles. The van der Waals surface area contributed by atoms with Crippen molar-refractivity contribution in [1.29, 1.82) is 0 Å². The molecule has 0 aliphatic heterocycles. The maximum Gasteiger partial charge on any atom is 0.165 e. The Hall–Kier alpha value is -1.78. The molecule has 0 saturated heterocycles. The lowest BCUT2D eigenvalue weighted by Crippen LogP contribution is -2.27. The van der Waals surface area contributed by atoms with E-state index in [-0.39, 0.29) is 5.41 Å². The fraction of sp³-hybridized carbons (Fsp3) is 0.318. The zero-order valence-electron chi connectivity index (χ0n) is 15.4. The molecule has 0 fully saturated rings. The summed E-state index contributed by atoms with van der Waals surface area (Å²) >= 11 is 3.57. The maximum absolute atomic E-state index is 12.8. The van der Waals surface area contributed by atoms with Crippen molar-refractivity contribution in [2.24, 2.45) is 5.41 Å². The van der Waals surface area contributed by atoms with Crippen molar-refractivity contribution in [3.05, 3.63) is 69.9 Å². The summed E-state index contributed by atoms with van der Waals surface area (Å²) in [5, 5.41) is 2.11. The van der Waals surface area contributed by atoms with Crippen molar-refractivity contribution in [3.63, 3.8) is 0 Å². The molecule has 2 nitrogen and oxygen atoms in total. The van der Waals surface area contributed by atoms with Gasteiger partial charge in [-0.15, -0.1) is 11.3 Å². The van der Waals surface area contributed by atoms with Gasteiger partial charge in [0.1, 0.15) is 0 Å². The third-order valence-corrected chi connectivity index (χ3v) is 7.17. The van der Waals surface area contributed by atoms with Crippen molar-refractivity contribution in [1.82, 2.24) is 4.98 Å². The summed E-state index contributed by atoms with van der Waals surface area (Å²) < 4.78 is 1.29. The number of carbonyl (C=O) groups excluding carboxylic acids is 1. The molecule has 3 aromatic rings. The van der Waals surface area contributed by atoms with E-state index in [1.807, 2.05) is 11.8 Å². The molecule has 1 N–H and O–H groups in total. The minimum atomic E-state index is 0.0472. The van der Waals surface area contributed by atoms with Crippen molar-refractivity contribution in [2.75, 3.05) is 0 Å². The Morgan fingerprint density at radius 1 is 1.15 bits per heavy atom. The van der Waals surface area contributed by atoms with Gasteiger partial charge in [0.05, 0.1) is 4.21 Å². The largest absolute Gasteiger partial charge is 0.362 e. The number of fused-ring (bicyclic) bond motifs is 1. The monoisotopic (exact) mass is 381 g/mol. The molecule has 0 radical (unpaired) electrons. The number of carbonyl (C=O) groups is 1. The minimum absolute atomic E-state index is 0.0472. The van der Waals surface area contributed by atoms with Crippen molar-refractivity contribution in [2.45, 2.75) is 49.1 Å². The second kappa shape index (κ2) is 6.75. The van der Waals surface area contributed by atoms with Gasteiger partial charge in [-0.25, -0.2) is 0 Å².